The number of aromatic nitrogens is 2. The monoisotopic (exact) mass is 359 g/mol. The summed E-state index contributed by atoms with van der Waals surface area (Å²) in [7, 11) is 1.55. The van der Waals surface area contributed by atoms with Crippen LogP contribution in [0.1, 0.15) is 21.5 Å². The second-order valence-corrected chi connectivity index (χ2v) is 5.77. The van der Waals surface area contributed by atoms with Gasteiger partial charge in [-0.05, 0) is 42.8 Å². The number of anilines is 3. The van der Waals surface area contributed by atoms with E-state index in [1.165, 1.54) is 12.4 Å². The molecular weight excluding hydrogens is 342 g/mol. The molecule has 0 saturated heterocycles. The summed E-state index contributed by atoms with van der Waals surface area (Å²) >= 11 is 0. The first-order valence-electron chi connectivity index (χ1n) is 8.14. The first kappa shape index (κ1) is 17.9. The molecule has 1 amide bonds. The van der Waals surface area contributed by atoms with Crippen LogP contribution in [0.15, 0.2) is 54.9 Å². The topological polar surface area (TPSA) is 99.9 Å². The van der Waals surface area contributed by atoms with Gasteiger partial charge in [-0.25, -0.2) is 9.97 Å². The van der Waals surface area contributed by atoms with Crippen molar-refractivity contribution in [1.82, 2.24) is 9.97 Å². The Hall–Kier alpha value is -3.92. The van der Waals surface area contributed by atoms with Crippen molar-refractivity contribution in [3.63, 3.8) is 0 Å². The maximum absolute atomic E-state index is 12.4. The number of nitriles is 1. The zero-order valence-electron chi connectivity index (χ0n) is 14.9. The highest BCUT2D eigenvalue weighted by Crippen LogP contribution is 2.25. The molecule has 7 nitrogen and oxygen atoms in total. The van der Waals surface area contributed by atoms with E-state index >= 15 is 0 Å². The van der Waals surface area contributed by atoms with Crippen molar-refractivity contribution < 1.29 is 9.53 Å². The van der Waals surface area contributed by atoms with Gasteiger partial charge in [0.1, 0.15) is 5.75 Å². The molecule has 1 heterocycles. The van der Waals surface area contributed by atoms with Crippen LogP contribution in [0.2, 0.25) is 0 Å². The van der Waals surface area contributed by atoms with Crippen molar-refractivity contribution in [3.8, 4) is 11.8 Å². The molecule has 2 N–H and O–H groups in total. The van der Waals surface area contributed by atoms with E-state index in [-0.39, 0.29) is 5.91 Å². The van der Waals surface area contributed by atoms with Gasteiger partial charge in [-0.15, -0.1) is 0 Å². The van der Waals surface area contributed by atoms with Gasteiger partial charge < -0.3 is 15.4 Å². The summed E-state index contributed by atoms with van der Waals surface area (Å²) in [4.78, 5) is 20.8. The van der Waals surface area contributed by atoms with E-state index < -0.39 is 0 Å². The van der Waals surface area contributed by atoms with Crippen molar-refractivity contribution in [2.45, 2.75) is 6.92 Å². The molecule has 0 fully saturated rings. The lowest BCUT2D eigenvalue weighted by atomic mass is 10.2. The van der Waals surface area contributed by atoms with Crippen LogP contribution in [0.3, 0.4) is 0 Å². The van der Waals surface area contributed by atoms with Gasteiger partial charge in [0.25, 0.3) is 5.91 Å². The Morgan fingerprint density at radius 2 is 1.93 bits per heavy atom. The summed E-state index contributed by atoms with van der Waals surface area (Å²) in [6.45, 7) is 1.93. The molecule has 2 aromatic carbocycles. The minimum Gasteiger partial charge on any atom is -0.495 e. The lowest BCUT2D eigenvalue weighted by Crippen LogP contribution is -2.14. The third kappa shape index (κ3) is 4.38. The molecule has 27 heavy (non-hydrogen) atoms. The van der Waals surface area contributed by atoms with Gasteiger partial charge in [0.15, 0.2) is 0 Å². The number of hydrogen-bond acceptors (Lipinski definition) is 6. The molecule has 0 spiro atoms. The number of carbonyl (C=O) groups is 1. The predicted molar refractivity (Wildman–Crippen MR) is 102 cm³/mol. The van der Waals surface area contributed by atoms with Crippen LogP contribution in [0.5, 0.6) is 5.75 Å². The molecule has 0 atom stereocenters. The van der Waals surface area contributed by atoms with E-state index in [2.05, 4.69) is 26.7 Å². The number of ether oxygens (including phenoxy) is 1. The summed E-state index contributed by atoms with van der Waals surface area (Å²) in [6.07, 6.45) is 2.86. The SMILES string of the molecule is COc1ccc(C)cc1NC(=O)c1cnc(Nc2cccc(C#N)c2)nc1. The van der Waals surface area contributed by atoms with E-state index in [9.17, 15) is 4.79 Å². The van der Waals surface area contributed by atoms with E-state index in [0.29, 0.717) is 34.2 Å². The Morgan fingerprint density at radius 3 is 2.63 bits per heavy atom. The highest BCUT2D eigenvalue weighted by molar-refractivity contribution is 6.04. The number of benzene rings is 2. The number of nitrogens with zero attached hydrogens (tertiary/aromatic N) is 3. The normalized spacial score (nSPS) is 9.96. The molecule has 3 aromatic rings. The van der Waals surface area contributed by atoms with Crippen LogP contribution in [0, 0.1) is 18.3 Å². The smallest absolute Gasteiger partial charge is 0.258 e. The molecule has 0 aliphatic rings. The average Bonchev–Trinajstić information content (AvgIpc) is 2.69. The zero-order chi connectivity index (χ0) is 19.2. The molecule has 1 aromatic heterocycles. The number of methoxy groups -OCH3 is 1. The largest absolute Gasteiger partial charge is 0.495 e. The summed E-state index contributed by atoms with van der Waals surface area (Å²) in [6, 6.07) is 14.6. The number of amides is 1. The Bertz CT molecular complexity index is 1010. The Morgan fingerprint density at radius 1 is 1.15 bits per heavy atom. The van der Waals surface area contributed by atoms with Crippen LogP contribution in [-0.2, 0) is 0 Å². The second kappa shape index (κ2) is 7.97. The molecule has 0 aliphatic carbocycles. The van der Waals surface area contributed by atoms with Crippen LogP contribution in [0.25, 0.3) is 0 Å². The van der Waals surface area contributed by atoms with E-state index in [0.717, 1.165) is 5.56 Å². The number of carbonyl (C=O) groups excluding carboxylic acids is 1. The van der Waals surface area contributed by atoms with Gasteiger partial charge in [0.2, 0.25) is 5.95 Å². The van der Waals surface area contributed by atoms with Gasteiger partial charge in [0, 0.05) is 18.1 Å². The fourth-order valence-corrected chi connectivity index (χ4v) is 2.42. The molecule has 0 aliphatic heterocycles. The maximum atomic E-state index is 12.4. The molecule has 0 bridgehead atoms. The number of rotatable bonds is 5. The zero-order valence-corrected chi connectivity index (χ0v) is 14.9. The van der Waals surface area contributed by atoms with Gasteiger partial charge in [-0.2, -0.15) is 5.26 Å². The highest BCUT2D eigenvalue weighted by atomic mass is 16.5. The van der Waals surface area contributed by atoms with Gasteiger partial charge in [-0.1, -0.05) is 12.1 Å². The molecule has 0 radical (unpaired) electrons. The third-order valence-electron chi connectivity index (χ3n) is 3.77. The average molecular weight is 359 g/mol. The van der Waals surface area contributed by atoms with Crippen LogP contribution in [0.4, 0.5) is 17.3 Å². The fourth-order valence-electron chi connectivity index (χ4n) is 2.42. The molecule has 0 saturated carbocycles. The minimum atomic E-state index is -0.336. The summed E-state index contributed by atoms with van der Waals surface area (Å²) < 4.78 is 5.26. The highest BCUT2D eigenvalue weighted by Gasteiger charge is 2.11. The van der Waals surface area contributed by atoms with Crippen LogP contribution < -0.4 is 15.4 Å². The predicted octanol–water partition coefficient (Wildman–Crippen LogP) is 3.66. The quantitative estimate of drug-likeness (QED) is 0.721. The van der Waals surface area contributed by atoms with E-state index in [1.807, 2.05) is 19.1 Å². The van der Waals surface area contributed by atoms with Crippen LogP contribution in [-0.4, -0.2) is 23.0 Å². The minimum absolute atomic E-state index is 0.315. The van der Waals surface area contributed by atoms with Crippen molar-refractivity contribution in [3.05, 3.63) is 71.5 Å². The fraction of sp³-hybridized carbons (Fsp3) is 0.100. The standard InChI is InChI=1S/C20H17N5O2/c1-13-6-7-18(27-2)17(8-13)25-19(26)15-11-22-20(23-12-15)24-16-5-3-4-14(9-16)10-21/h3-9,11-12H,1-2H3,(H,25,26)(H,22,23,24). The second-order valence-electron chi connectivity index (χ2n) is 5.77. The lowest BCUT2D eigenvalue weighted by Gasteiger charge is -2.11. The molecule has 134 valence electrons. The van der Waals surface area contributed by atoms with Crippen molar-refractivity contribution in [1.29, 1.82) is 5.26 Å². The van der Waals surface area contributed by atoms with Crippen molar-refractivity contribution in [2.24, 2.45) is 0 Å². The first-order valence-corrected chi connectivity index (χ1v) is 8.14. The number of nitrogens with one attached hydrogen (secondary N) is 2. The van der Waals surface area contributed by atoms with Gasteiger partial charge in [0.05, 0.1) is 30.0 Å². The van der Waals surface area contributed by atoms with Crippen LogP contribution >= 0.6 is 0 Å². The van der Waals surface area contributed by atoms with Crippen molar-refractivity contribution in [2.75, 3.05) is 17.7 Å². The summed E-state index contributed by atoms with van der Waals surface area (Å²) in [5.41, 5.74) is 3.12. The van der Waals surface area contributed by atoms with Gasteiger partial charge >= 0.3 is 0 Å². The molecule has 3 rings (SSSR count). The first-order chi connectivity index (χ1) is 13.1. The molecular formula is C20H17N5O2. The van der Waals surface area contributed by atoms with Crippen molar-refractivity contribution >= 4 is 23.2 Å². The number of aryl methyl sites for hydroxylation is 1. The summed E-state index contributed by atoms with van der Waals surface area (Å²) in [5.74, 6) is 0.567. The summed E-state index contributed by atoms with van der Waals surface area (Å²) in [5, 5.41) is 14.7. The van der Waals surface area contributed by atoms with E-state index in [4.69, 9.17) is 10.00 Å². The Labute approximate surface area is 156 Å². The van der Waals surface area contributed by atoms with E-state index in [1.54, 1.807) is 37.4 Å². The lowest BCUT2D eigenvalue weighted by molar-refractivity contribution is 0.102. The van der Waals surface area contributed by atoms with Gasteiger partial charge in [-0.3, -0.25) is 4.79 Å². The molecule has 0 unspecified atom stereocenters. The molecule has 7 heteroatoms. The number of hydrogen-bond donors (Lipinski definition) is 2. The maximum Gasteiger partial charge on any atom is 0.258 e. The Kier molecular flexibility index (Phi) is 5.28. The third-order valence-corrected chi connectivity index (χ3v) is 3.77. The Balaban J connectivity index is 1.72.